The summed E-state index contributed by atoms with van der Waals surface area (Å²) in [5.41, 5.74) is 1.99. The number of nitrogens with one attached hydrogen (secondary N) is 1. The van der Waals surface area contributed by atoms with Crippen LogP contribution in [-0.2, 0) is 19.6 Å². The molecule has 0 aliphatic carbocycles. The predicted octanol–water partition coefficient (Wildman–Crippen LogP) is 3.19. The molecule has 0 saturated carbocycles. The number of fused-ring (bicyclic) bond motifs is 1. The third-order valence-corrected chi connectivity index (χ3v) is 7.39. The summed E-state index contributed by atoms with van der Waals surface area (Å²) in [6.45, 7) is 1.05. The first-order valence-electron chi connectivity index (χ1n) is 10.8. The number of hydrogen-bond acceptors (Lipinski definition) is 6. The van der Waals surface area contributed by atoms with E-state index in [2.05, 4.69) is 5.32 Å². The van der Waals surface area contributed by atoms with E-state index >= 15 is 0 Å². The zero-order valence-corrected chi connectivity index (χ0v) is 20.3. The third-order valence-electron chi connectivity index (χ3n) is 5.61. The van der Waals surface area contributed by atoms with Gasteiger partial charge in [0.25, 0.3) is 10.0 Å². The van der Waals surface area contributed by atoms with Gasteiger partial charge in [0.2, 0.25) is 11.8 Å². The highest BCUT2D eigenvalue weighted by molar-refractivity contribution is 7.92. The highest BCUT2D eigenvalue weighted by Crippen LogP contribution is 2.36. The number of hydrogen-bond donors (Lipinski definition) is 1. The van der Waals surface area contributed by atoms with Crippen LogP contribution in [0.3, 0.4) is 0 Å². The smallest absolute Gasteiger partial charge is 0.264 e. The van der Waals surface area contributed by atoms with E-state index in [4.69, 9.17) is 9.47 Å². The van der Waals surface area contributed by atoms with E-state index in [1.807, 2.05) is 6.92 Å². The van der Waals surface area contributed by atoms with Gasteiger partial charge in [-0.1, -0.05) is 29.8 Å². The summed E-state index contributed by atoms with van der Waals surface area (Å²) >= 11 is 0. The average molecular weight is 496 g/mol. The highest BCUT2D eigenvalue weighted by Gasteiger charge is 2.34. The van der Waals surface area contributed by atoms with E-state index in [-0.39, 0.29) is 28.8 Å². The van der Waals surface area contributed by atoms with E-state index in [9.17, 15) is 18.0 Å². The summed E-state index contributed by atoms with van der Waals surface area (Å²) in [6.07, 6.45) is 0. The Morgan fingerprint density at radius 1 is 1.03 bits per heavy atom. The molecule has 3 aromatic rings. The molecular weight excluding hydrogens is 470 g/mol. The fourth-order valence-electron chi connectivity index (χ4n) is 3.79. The van der Waals surface area contributed by atoms with Crippen molar-refractivity contribution in [1.82, 2.24) is 0 Å². The van der Waals surface area contributed by atoms with Gasteiger partial charge in [0, 0.05) is 6.07 Å². The lowest BCUT2D eigenvalue weighted by atomic mass is 10.2. The molecule has 0 fully saturated rings. The van der Waals surface area contributed by atoms with Crippen LogP contribution in [0.2, 0.25) is 0 Å². The van der Waals surface area contributed by atoms with Crippen molar-refractivity contribution in [3.8, 4) is 11.5 Å². The Morgan fingerprint density at radius 3 is 2.43 bits per heavy atom. The quantitative estimate of drug-likeness (QED) is 0.540. The zero-order chi connectivity index (χ0) is 25.2. The Labute approximate surface area is 203 Å². The summed E-state index contributed by atoms with van der Waals surface area (Å²) < 4.78 is 39.3. The SMILES string of the molecule is COc1ccc(OC)c(N(CC(=O)N2CC(=O)Nc3ccccc32)S(=O)(=O)c2ccc(C)cc2)c1. The van der Waals surface area contributed by atoms with Crippen molar-refractivity contribution < 1.29 is 27.5 Å². The fraction of sp³-hybridized carbons (Fsp3) is 0.200. The van der Waals surface area contributed by atoms with E-state index < -0.39 is 22.5 Å². The molecule has 4 rings (SSSR count). The molecule has 1 aliphatic rings. The van der Waals surface area contributed by atoms with Crippen LogP contribution in [0.1, 0.15) is 5.56 Å². The number of ether oxygens (including phenoxy) is 2. The van der Waals surface area contributed by atoms with E-state index in [1.54, 1.807) is 48.5 Å². The van der Waals surface area contributed by atoms with Crippen LogP contribution < -0.4 is 24.0 Å². The van der Waals surface area contributed by atoms with Crippen molar-refractivity contribution in [3.63, 3.8) is 0 Å². The van der Waals surface area contributed by atoms with E-state index in [0.29, 0.717) is 17.1 Å². The van der Waals surface area contributed by atoms with Crippen LogP contribution in [-0.4, -0.2) is 47.5 Å². The number of sulfonamides is 1. The van der Waals surface area contributed by atoms with Gasteiger partial charge in [-0.15, -0.1) is 0 Å². The predicted molar refractivity (Wildman–Crippen MR) is 133 cm³/mol. The molecule has 2 amide bonds. The van der Waals surface area contributed by atoms with Crippen molar-refractivity contribution in [2.45, 2.75) is 11.8 Å². The minimum Gasteiger partial charge on any atom is -0.497 e. The van der Waals surface area contributed by atoms with Gasteiger partial charge in [-0.2, -0.15) is 0 Å². The first-order chi connectivity index (χ1) is 16.7. The molecule has 0 aromatic heterocycles. The molecule has 0 spiro atoms. The zero-order valence-electron chi connectivity index (χ0n) is 19.5. The summed E-state index contributed by atoms with van der Waals surface area (Å²) in [4.78, 5) is 27.1. The number of para-hydroxylation sites is 2. The second kappa shape index (κ2) is 9.67. The van der Waals surface area contributed by atoms with Crippen molar-refractivity contribution >= 4 is 38.9 Å². The molecular formula is C25H25N3O6S. The van der Waals surface area contributed by atoms with Crippen LogP contribution >= 0.6 is 0 Å². The highest BCUT2D eigenvalue weighted by atomic mass is 32.2. The largest absolute Gasteiger partial charge is 0.497 e. The normalized spacial score (nSPS) is 13.0. The van der Waals surface area contributed by atoms with Crippen molar-refractivity contribution in [2.75, 3.05) is 41.8 Å². The maximum Gasteiger partial charge on any atom is 0.264 e. The number of benzene rings is 3. The van der Waals surface area contributed by atoms with Gasteiger partial charge in [0.15, 0.2) is 0 Å². The summed E-state index contributed by atoms with van der Waals surface area (Å²) in [5.74, 6) is -0.317. The molecule has 10 heteroatoms. The summed E-state index contributed by atoms with van der Waals surface area (Å²) in [7, 11) is -1.33. The number of methoxy groups -OCH3 is 2. The second-order valence-electron chi connectivity index (χ2n) is 7.91. The molecule has 1 N–H and O–H groups in total. The molecule has 0 bridgehead atoms. The topological polar surface area (TPSA) is 105 Å². The van der Waals surface area contributed by atoms with Crippen LogP contribution in [0.15, 0.2) is 71.6 Å². The first-order valence-corrected chi connectivity index (χ1v) is 12.2. The lowest BCUT2D eigenvalue weighted by molar-refractivity contribution is -0.121. The van der Waals surface area contributed by atoms with Gasteiger partial charge in [0.1, 0.15) is 24.6 Å². The van der Waals surface area contributed by atoms with Gasteiger partial charge in [-0.25, -0.2) is 8.42 Å². The maximum absolute atomic E-state index is 13.8. The minimum absolute atomic E-state index is 0.0116. The number of amides is 2. The molecule has 0 radical (unpaired) electrons. The van der Waals surface area contributed by atoms with Crippen molar-refractivity contribution in [1.29, 1.82) is 0 Å². The number of anilines is 3. The van der Waals surface area contributed by atoms with Gasteiger partial charge < -0.3 is 14.8 Å². The molecule has 9 nitrogen and oxygen atoms in total. The molecule has 0 atom stereocenters. The van der Waals surface area contributed by atoms with Crippen molar-refractivity contribution in [3.05, 3.63) is 72.3 Å². The Kier molecular flexibility index (Phi) is 6.65. The molecule has 182 valence electrons. The standard InChI is InChI=1S/C25H25N3O6S/c1-17-8-11-19(12-9-17)35(31,32)28(22-14-18(33-2)10-13-23(22)34-3)16-25(30)27-15-24(29)26-20-6-4-5-7-21(20)27/h4-14H,15-16H2,1-3H3,(H,26,29). The lowest BCUT2D eigenvalue weighted by Crippen LogP contribution is -2.48. The maximum atomic E-state index is 13.8. The third kappa shape index (κ3) is 4.78. The Hall–Kier alpha value is -4.05. The average Bonchev–Trinajstić information content (AvgIpc) is 2.86. The van der Waals surface area contributed by atoms with Crippen molar-refractivity contribution in [2.24, 2.45) is 0 Å². The molecule has 1 aliphatic heterocycles. The fourth-order valence-corrected chi connectivity index (χ4v) is 5.21. The Balaban J connectivity index is 1.81. The molecule has 3 aromatic carbocycles. The first kappa shape index (κ1) is 24.1. The lowest BCUT2D eigenvalue weighted by Gasteiger charge is -2.32. The number of carbonyl (C=O) groups excluding carboxylic acids is 2. The van der Waals surface area contributed by atoms with E-state index in [0.717, 1.165) is 9.87 Å². The monoisotopic (exact) mass is 495 g/mol. The van der Waals surface area contributed by atoms with Crippen LogP contribution in [0.4, 0.5) is 17.1 Å². The molecule has 35 heavy (non-hydrogen) atoms. The van der Waals surface area contributed by atoms with E-state index in [1.165, 1.54) is 37.3 Å². The second-order valence-corrected chi connectivity index (χ2v) is 9.77. The van der Waals surface area contributed by atoms with Crippen LogP contribution in [0, 0.1) is 6.92 Å². The number of aryl methyl sites for hydroxylation is 1. The number of carbonyl (C=O) groups is 2. The van der Waals surface area contributed by atoms with Crippen LogP contribution in [0.25, 0.3) is 0 Å². The Bertz CT molecular complexity index is 1370. The minimum atomic E-state index is -4.20. The number of rotatable bonds is 7. The van der Waals surface area contributed by atoms with Crippen LogP contribution in [0.5, 0.6) is 11.5 Å². The summed E-state index contributed by atoms with van der Waals surface area (Å²) in [5, 5.41) is 2.72. The number of nitrogens with zero attached hydrogens (tertiary/aromatic N) is 2. The molecule has 1 heterocycles. The van der Waals surface area contributed by atoms with Gasteiger partial charge in [0.05, 0.1) is 36.2 Å². The van der Waals surface area contributed by atoms with Gasteiger partial charge >= 0.3 is 0 Å². The van der Waals surface area contributed by atoms with Gasteiger partial charge in [-0.3, -0.25) is 18.8 Å². The Morgan fingerprint density at radius 2 is 1.74 bits per heavy atom. The summed E-state index contributed by atoms with van der Waals surface area (Å²) in [6, 6.07) is 17.9. The molecule has 0 saturated heterocycles. The molecule has 0 unspecified atom stereocenters. The van der Waals surface area contributed by atoms with Gasteiger partial charge in [-0.05, 0) is 43.3 Å².